The zero-order valence-corrected chi connectivity index (χ0v) is 18.5. The van der Waals surface area contributed by atoms with E-state index in [1.54, 1.807) is 0 Å². The first-order valence-electron chi connectivity index (χ1n) is 10.7. The second-order valence-electron chi connectivity index (χ2n) is 8.66. The van der Waals surface area contributed by atoms with E-state index in [-0.39, 0.29) is 5.60 Å². The summed E-state index contributed by atoms with van der Waals surface area (Å²) >= 11 is 6.06. The van der Waals surface area contributed by atoms with Gasteiger partial charge in [0.25, 0.3) is 0 Å². The molecule has 2 saturated heterocycles. The third-order valence-electron chi connectivity index (χ3n) is 5.65. The SMILES string of the molecule is CC1(C)COC2(CCN(CCNCCNc3ccnc4cc(Cl)ccc34)CC2)OO1. The van der Waals surface area contributed by atoms with Crippen LogP contribution in [0.4, 0.5) is 5.69 Å². The number of hydrogen-bond donors (Lipinski definition) is 2. The molecule has 4 rings (SSSR count). The molecule has 2 aliphatic rings. The van der Waals surface area contributed by atoms with Crippen molar-refractivity contribution in [2.75, 3.05) is 51.2 Å². The molecule has 2 aliphatic heterocycles. The Bertz CT molecular complexity index is 843. The summed E-state index contributed by atoms with van der Waals surface area (Å²) in [5.41, 5.74) is 1.62. The molecule has 0 saturated carbocycles. The summed E-state index contributed by atoms with van der Waals surface area (Å²) in [5, 5.41) is 8.79. The van der Waals surface area contributed by atoms with Crippen molar-refractivity contribution in [2.45, 2.75) is 38.1 Å². The lowest BCUT2D eigenvalue weighted by molar-refractivity contribution is -0.511. The molecule has 3 heterocycles. The number of hydrogen-bond acceptors (Lipinski definition) is 7. The molecule has 0 unspecified atom stereocenters. The molecular formula is C22H31ClN4O3. The van der Waals surface area contributed by atoms with E-state index in [9.17, 15) is 0 Å². The highest BCUT2D eigenvalue weighted by Crippen LogP contribution is 2.34. The zero-order valence-electron chi connectivity index (χ0n) is 17.7. The second kappa shape index (κ2) is 9.34. The number of pyridine rings is 1. The van der Waals surface area contributed by atoms with Gasteiger partial charge in [-0.05, 0) is 38.1 Å². The third kappa shape index (κ3) is 5.41. The van der Waals surface area contributed by atoms with Gasteiger partial charge in [0.2, 0.25) is 5.79 Å². The van der Waals surface area contributed by atoms with Gasteiger partial charge in [-0.25, -0.2) is 9.78 Å². The first-order chi connectivity index (χ1) is 14.4. The van der Waals surface area contributed by atoms with Gasteiger partial charge in [-0.2, -0.15) is 0 Å². The lowest BCUT2D eigenvalue weighted by Crippen LogP contribution is -2.55. The number of halogens is 1. The van der Waals surface area contributed by atoms with Crippen molar-refractivity contribution in [1.82, 2.24) is 15.2 Å². The number of rotatable bonds is 7. The van der Waals surface area contributed by atoms with E-state index in [1.165, 1.54) is 0 Å². The summed E-state index contributed by atoms with van der Waals surface area (Å²) in [6.07, 6.45) is 3.48. The minimum Gasteiger partial charge on any atom is -0.383 e. The Morgan fingerprint density at radius 2 is 1.93 bits per heavy atom. The summed E-state index contributed by atoms with van der Waals surface area (Å²) in [5.74, 6) is -0.555. The molecule has 1 spiro atoms. The molecule has 30 heavy (non-hydrogen) atoms. The summed E-state index contributed by atoms with van der Waals surface area (Å²) in [4.78, 5) is 18.0. The average molecular weight is 435 g/mol. The molecule has 1 aromatic heterocycles. The van der Waals surface area contributed by atoms with Gasteiger partial charge in [-0.15, -0.1) is 0 Å². The molecule has 0 amide bonds. The minimum absolute atomic E-state index is 0.365. The number of likely N-dealkylation sites (tertiary alicyclic amines) is 1. The van der Waals surface area contributed by atoms with E-state index >= 15 is 0 Å². The van der Waals surface area contributed by atoms with E-state index in [4.69, 9.17) is 26.1 Å². The quantitative estimate of drug-likeness (QED) is 0.511. The molecule has 2 N–H and O–H groups in total. The smallest absolute Gasteiger partial charge is 0.204 e. The summed E-state index contributed by atoms with van der Waals surface area (Å²) in [6, 6.07) is 7.79. The lowest BCUT2D eigenvalue weighted by Gasteiger charge is -2.45. The molecule has 7 nitrogen and oxygen atoms in total. The van der Waals surface area contributed by atoms with Gasteiger partial charge in [-0.1, -0.05) is 11.6 Å². The number of fused-ring (bicyclic) bond motifs is 1. The number of piperidine rings is 1. The number of ether oxygens (including phenoxy) is 1. The van der Waals surface area contributed by atoms with Gasteiger partial charge in [0.1, 0.15) is 5.60 Å². The van der Waals surface area contributed by atoms with E-state index in [1.807, 2.05) is 44.3 Å². The Balaban J connectivity index is 1.13. The maximum absolute atomic E-state index is 6.06. The first-order valence-corrected chi connectivity index (χ1v) is 11.0. The summed E-state index contributed by atoms with van der Waals surface area (Å²) in [6.45, 7) is 10.1. The Hall–Kier alpha value is -1.48. The topological polar surface area (TPSA) is 67.9 Å². The Morgan fingerprint density at radius 1 is 1.10 bits per heavy atom. The zero-order chi connectivity index (χ0) is 21.0. The van der Waals surface area contributed by atoms with Crippen LogP contribution in [-0.4, -0.2) is 67.1 Å². The molecule has 8 heteroatoms. The van der Waals surface area contributed by atoms with Gasteiger partial charge in [0.05, 0.1) is 12.1 Å². The van der Waals surface area contributed by atoms with Crippen molar-refractivity contribution in [1.29, 1.82) is 0 Å². The second-order valence-corrected chi connectivity index (χ2v) is 9.10. The average Bonchev–Trinajstić information content (AvgIpc) is 2.74. The number of aromatic nitrogens is 1. The van der Waals surface area contributed by atoms with Crippen LogP contribution >= 0.6 is 11.6 Å². The van der Waals surface area contributed by atoms with Crippen LogP contribution in [0.1, 0.15) is 26.7 Å². The van der Waals surface area contributed by atoms with E-state index in [0.717, 1.165) is 68.7 Å². The van der Waals surface area contributed by atoms with Crippen molar-refractivity contribution in [3.8, 4) is 0 Å². The predicted octanol–water partition coefficient (Wildman–Crippen LogP) is 3.44. The largest absolute Gasteiger partial charge is 0.383 e. The van der Waals surface area contributed by atoms with Crippen LogP contribution in [-0.2, 0) is 14.5 Å². The van der Waals surface area contributed by atoms with Crippen molar-refractivity contribution in [3.63, 3.8) is 0 Å². The van der Waals surface area contributed by atoms with Gasteiger partial charge in [0, 0.05) is 74.4 Å². The number of nitrogens with one attached hydrogen (secondary N) is 2. The fourth-order valence-corrected chi connectivity index (χ4v) is 3.98. The number of anilines is 1. The van der Waals surface area contributed by atoms with Crippen LogP contribution in [0.3, 0.4) is 0 Å². The van der Waals surface area contributed by atoms with Crippen molar-refractivity contribution >= 4 is 28.2 Å². The minimum atomic E-state index is -0.555. The van der Waals surface area contributed by atoms with E-state index < -0.39 is 5.79 Å². The van der Waals surface area contributed by atoms with E-state index in [0.29, 0.717) is 11.6 Å². The monoisotopic (exact) mass is 434 g/mol. The number of benzene rings is 1. The van der Waals surface area contributed by atoms with Crippen LogP contribution in [0.15, 0.2) is 30.5 Å². The molecular weight excluding hydrogens is 404 g/mol. The standard InChI is InChI=1S/C22H31ClN4O3/c1-21(2)16-28-22(30-29-21)6-12-27(13-7-22)14-11-24-9-10-26-19-5-8-25-20-15-17(23)3-4-18(19)20/h3-5,8,15,24H,6-7,9-14,16H2,1-2H3,(H,25,26). The van der Waals surface area contributed by atoms with Gasteiger partial charge in [0.15, 0.2) is 0 Å². The Kier molecular flexibility index (Phi) is 6.77. The molecule has 0 bridgehead atoms. The molecule has 2 aromatic rings. The summed E-state index contributed by atoms with van der Waals surface area (Å²) < 4.78 is 6.00. The molecule has 1 aromatic carbocycles. The first kappa shape index (κ1) is 21.7. The Labute approximate surface area is 182 Å². The maximum atomic E-state index is 6.06. The molecule has 0 aliphatic carbocycles. The van der Waals surface area contributed by atoms with Crippen molar-refractivity contribution in [2.24, 2.45) is 0 Å². The lowest BCUT2D eigenvalue weighted by atomic mass is 10.0. The predicted molar refractivity (Wildman–Crippen MR) is 119 cm³/mol. The maximum Gasteiger partial charge on any atom is 0.204 e. The number of nitrogens with zero attached hydrogens (tertiary/aromatic N) is 2. The van der Waals surface area contributed by atoms with Gasteiger partial charge in [-0.3, -0.25) is 4.98 Å². The van der Waals surface area contributed by atoms with Crippen molar-refractivity contribution in [3.05, 3.63) is 35.5 Å². The molecule has 2 fully saturated rings. The van der Waals surface area contributed by atoms with Gasteiger partial charge < -0.3 is 20.3 Å². The van der Waals surface area contributed by atoms with Gasteiger partial charge >= 0.3 is 0 Å². The fourth-order valence-electron chi connectivity index (χ4n) is 3.81. The van der Waals surface area contributed by atoms with E-state index in [2.05, 4.69) is 20.5 Å². The molecule has 0 atom stereocenters. The summed E-state index contributed by atoms with van der Waals surface area (Å²) in [7, 11) is 0. The highest BCUT2D eigenvalue weighted by atomic mass is 35.5. The van der Waals surface area contributed by atoms with Crippen LogP contribution in [0.2, 0.25) is 5.02 Å². The molecule has 0 radical (unpaired) electrons. The highest BCUT2D eigenvalue weighted by molar-refractivity contribution is 6.31. The highest BCUT2D eigenvalue weighted by Gasteiger charge is 2.44. The van der Waals surface area contributed by atoms with Crippen LogP contribution in [0.25, 0.3) is 10.9 Å². The fraction of sp³-hybridized carbons (Fsp3) is 0.591. The third-order valence-corrected chi connectivity index (χ3v) is 5.88. The van der Waals surface area contributed by atoms with Crippen LogP contribution < -0.4 is 10.6 Å². The normalized spacial score (nSPS) is 21.2. The Morgan fingerprint density at radius 3 is 2.70 bits per heavy atom. The van der Waals surface area contributed by atoms with Crippen molar-refractivity contribution < 1.29 is 14.5 Å². The van der Waals surface area contributed by atoms with Crippen LogP contribution in [0, 0.1) is 0 Å². The van der Waals surface area contributed by atoms with Crippen LogP contribution in [0.5, 0.6) is 0 Å². The molecule has 164 valence electrons.